The SMILES string of the molecule is CC(C)(C)C1CCC2(CC1)N[C@H](C(=O)O)CS2.Cl. The van der Waals surface area contributed by atoms with Gasteiger partial charge in [0.15, 0.2) is 0 Å². The third kappa shape index (κ3) is 3.34. The predicted octanol–water partition coefficient (Wildman–Crippen LogP) is 3.13. The number of rotatable bonds is 1. The van der Waals surface area contributed by atoms with Gasteiger partial charge in [-0.3, -0.25) is 10.1 Å². The van der Waals surface area contributed by atoms with Gasteiger partial charge in [0.1, 0.15) is 6.04 Å². The average Bonchev–Trinajstić information content (AvgIpc) is 2.62. The summed E-state index contributed by atoms with van der Waals surface area (Å²) in [5.41, 5.74) is 0.386. The molecule has 0 radical (unpaired) electrons. The summed E-state index contributed by atoms with van der Waals surface area (Å²) < 4.78 is 0. The van der Waals surface area contributed by atoms with Crippen molar-refractivity contribution < 1.29 is 9.90 Å². The van der Waals surface area contributed by atoms with Gasteiger partial charge in [-0.1, -0.05) is 20.8 Å². The first-order valence-corrected chi connectivity index (χ1v) is 7.45. The Bertz CT molecular complexity index is 309. The summed E-state index contributed by atoms with van der Waals surface area (Å²) in [5, 5.41) is 12.4. The zero-order valence-electron chi connectivity index (χ0n) is 11.4. The van der Waals surface area contributed by atoms with Crippen molar-refractivity contribution in [3.8, 4) is 0 Å². The maximum atomic E-state index is 11.0. The molecule has 0 aromatic rings. The number of carboxylic acids is 1. The zero-order chi connectivity index (χ0) is 12.7. The Morgan fingerprint density at radius 2 is 1.89 bits per heavy atom. The normalized spacial score (nSPS) is 36.4. The molecule has 0 unspecified atom stereocenters. The van der Waals surface area contributed by atoms with Crippen LogP contribution in [0.3, 0.4) is 0 Å². The summed E-state index contributed by atoms with van der Waals surface area (Å²) in [6, 6.07) is -0.341. The van der Waals surface area contributed by atoms with Gasteiger partial charge in [-0.25, -0.2) is 0 Å². The predicted molar refractivity (Wildman–Crippen MR) is 78.4 cm³/mol. The molecule has 1 saturated carbocycles. The minimum Gasteiger partial charge on any atom is -0.480 e. The van der Waals surface area contributed by atoms with E-state index in [0.717, 1.165) is 24.5 Å². The molecule has 1 aliphatic carbocycles. The van der Waals surface area contributed by atoms with Crippen LogP contribution in [-0.2, 0) is 4.79 Å². The van der Waals surface area contributed by atoms with Crippen molar-refractivity contribution in [2.75, 3.05) is 5.75 Å². The maximum absolute atomic E-state index is 11.0. The van der Waals surface area contributed by atoms with E-state index in [1.165, 1.54) is 12.8 Å². The van der Waals surface area contributed by atoms with Gasteiger partial charge in [-0.2, -0.15) is 0 Å². The molecule has 2 aliphatic rings. The highest BCUT2D eigenvalue weighted by Crippen LogP contribution is 2.48. The number of halogens is 1. The first-order valence-electron chi connectivity index (χ1n) is 6.47. The van der Waals surface area contributed by atoms with Gasteiger partial charge < -0.3 is 5.11 Å². The molecule has 1 aliphatic heterocycles. The summed E-state index contributed by atoms with van der Waals surface area (Å²) in [7, 11) is 0. The molecule has 18 heavy (non-hydrogen) atoms. The minimum atomic E-state index is -0.702. The van der Waals surface area contributed by atoms with E-state index >= 15 is 0 Å². The second-order valence-electron chi connectivity index (χ2n) is 6.48. The number of aliphatic carboxylic acids is 1. The molecule has 1 saturated heterocycles. The lowest BCUT2D eigenvalue weighted by Crippen LogP contribution is -2.48. The lowest BCUT2D eigenvalue weighted by atomic mass is 9.71. The molecule has 1 spiro atoms. The van der Waals surface area contributed by atoms with Crippen LogP contribution >= 0.6 is 24.2 Å². The van der Waals surface area contributed by atoms with E-state index in [1.807, 2.05) is 11.8 Å². The van der Waals surface area contributed by atoms with Gasteiger partial charge in [0.25, 0.3) is 0 Å². The lowest BCUT2D eigenvalue weighted by Gasteiger charge is -2.42. The van der Waals surface area contributed by atoms with Crippen LogP contribution in [0.5, 0.6) is 0 Å². The number of nitrogens with one attached hydrogen (secondary N) is 1. The Kier molecular flexibility index (Phi) is 5.01. The van der Waals surface area contributed by atoms with Crippen LogP contribution in [0.25, 0.3) is 0 Å². The third-order valence-electron chi connectivity index (χ3n) is 4.28. The second-order valence-corrected chi connectivity index (χ2v) is 7.88. The number of hydrogen-bond donors (Lipinski definition) is 2. The molecule has 0 aromatic carbocycles. The number of carbonyl (C=O) groups is 1. The van der Waals surface area contributed by atoms with E-state index < -0.39 is 5.97 Å². The van der Waals surface area contributed by atoms with Crippen molar-refractivity contribution in [1.82, 2.24) is 5.32 Å². The van der Waals surface area contributed by atoms with E-state index in [2.05, 4.69) is 26.1 Å². The fourth-order valence-electron chi connectivity index (χ4n) is 3.02. The standard InChI is InChI=1S/C13H23NO2S.ClH/c1-12(2,3)9-4-6-13(7-5-9)14-10(8-17-13)11(15)16;/h9-10,14H,4-8H2,1-3H3,(H,15,16);1H/t9?,10-,13?;/m0./s1. The van der Waals surface area contributed by atoms with E-state index in [-0.39, 0.29) is 23.3 Å². The van der Waals surface area contributed by atoms with E-state index in [4.69, 9.17) is 5.11 Å². The topological polar surface area (TPSA) is 49.3 Å². The van der Waals surface area contributed by atoms with Gasteiger partial charge >= 0.3 is 5.97 Å². The Morgan fingerprint density at radius 3 is 2.28 bits per heavy atom. The summed E-state index contributed by atoms with van der Waals surface area (Å²) >= 11 is 1.82. The van der Waals surface area contributed by atoms with Crippen molar-refractivity contribution in [1.29, 1.82) is 0 Å². The van der Waals surface area contributed by atoms with Crippen LogP contribution in [-0.4, -0.2) is 27.7 Å². The van der Waals surface area contributed by atoms with Gasteiger partial charge in [-0.05, 0) is 37.0 Å². The van der Waals surface area contributed by atoms with Crippen molar-refractivity contribution in [2.24, 2.45) is 11.3 Å². The van der Waals surface area contributed by atoms with Gasteiger partial charge in [0.05, 0.1) is 4.87 Å². The zero-order valence-corrected chi connectivity index (χ0v) is 13.0. The van der Waals surface area contributed by atoms with Gasteiger partial charge in [0.2, 0.25) is 0 Å². The molecule has 2 fully saturated rings. The average molecular weight is 294 g/mol. The first-order chi connectivity index (χ1) is 7.82. The summed E-state index contributed by atoms with van der Waals surface area (Å²) in [6.45, 7) is 6.93. The third-order valence-corrected chi connectivity index (χ3v) is 5.86. The number of carboxylic acid groups (broad SMARTS) is 1. The Balaban J connectivity index is 0.00000162. The van der Waals surface area contributed by atoms with Crippen LogP contribution < -0.4 is 5.32 Å². The van der Waals surface area contributed by atoms with E-state index in [0.29, 0.717) is 5.41 Å². The van der Waals surface area contributed by atoms with Crippen LogP contribution in [0, 0.1) is 11.3 Å². The molecule has 2 N–H and O–H groups in total. The van der Waals surface area contributed by atoms with Crippen LogP contribution in [0.1, 0.15) is 46.5 Å². The molecule has 3 nitrogen and oxygen atoms in total. The molecular weight excluding hydrogens is 270 g/mol. The van der Waals surface area contributed by atoms with Gasteiger partial charge in [0, 0.05) is 5.75 Å². The Morgan fingerprint density at radius 1 is 1.33 bits per heavy atom. The second kappa shape index (κ2) is 5.59. The van der Waals surface area contributed by atoms with Crippen molar-refractivity contribution >= 4 is 30.1 Å². The molecule has 1 heterocycles. The highest BCUT2D eigenvalue weighted by molar-refractivity contribution is 8.00. The maximum Gasteiger partial charge on any atom is 0.321 e. The number of thioether (sulfide) groups is 1. The Labute approximate surface area is 120 Å². The lowest BCUT2D eigenvalue weighted by molar-refractivity contribution is -0.139. The monoisotopic (exact) mass is 293 g/mol. The smallest absolute Gasteiger partial charge is 0.321 e. The quantitative estimate of drug-likeness (QED) is 0.780. The molecule has 106 valence electrons. The molecule has 5 heteroatoms. The highest BCUT2D eigenvalue weighted by atomic mass is 35.5. The molecule has 2 rings (SSSR count). The number of hydrogen-bond acceptors (Lipinski definition) is 3. The molecule has 0 bridgehead atoms. The first kappa shape index (κ1) is 16.1. The van der Waals surface area contributed by atoms with Crippen molar-refractivity contribution in [3.05, 3.63) is 0 Å². The highest BCUT2D eigenvalue weighted by Gasteiger charge is 2.45. The van der Waals surface area contributed by atoms with Crippen LogP contribution in [0.4, 0.5) is 0 Å². The Hall–Kier alpha value is 0.0700. The summed E-state index contributed by atoms with van der Waals surface area (Å²) in [4.78, 5) is 11.0. The molecular formula is C13H24ClNO2S. The molecule has 0 aromatic heterocycles. The van der Waals surface area contributed by atoms with Crippen molar-refractivity contribution in [2.45, 2.75) is 57.4 Å². The van der Waals surface area contributed by atoms with Crippen LogP contribution in [0.2, 0.25) is 0 Å². The largest absolute Gasteiger partial charge is 0.480 e. The summed E-state index contributed by atoms with van der Waals surface area (Å²) in [6.07, 6.45) is 4.67. The molecule has 0 amide bonds. The fourth-order valence-corrected chi connectivity index (χ4v) is 4.48. The molecule has 1 atom stereocenters. The van der Waals surface area contributed by atoms with Crippen LogP contribution in [0.15, 0.2) is 0 Å². The van der Waals surface area contributed by atoms with Gasteiger partial charge in [-0.15, -0.1) is 24.2 Å². The van der Waals surface area contributed by atoms with Crippen molar-refractivity contribution in [3.63, 3.8) is 0 Å². The summed E-state index contributed by atoms with van der Waals surface area (Å²) in [5.74, 6) is 0.793. The minimum absolute atomic E-state index is 0. The fraction of sp³-hybridized carbons (Fsp3) is 0.923. The van der Waals surface area contributed by atoms with E-state index in [1.54, 1.807) is 0 Å². The van der Waals surface area contributed by atoms with E-state index in [9.17, 15) is 4.79 Å².